The van der Waals surface area contributed by atoms with Crippen LogP contribution in [0.3, 0.4) is 0 Å². The third-order valence-corrected chi connectivity index (χ3v) is 11.1. The molecule has 0 bridgehead atoms. The number of thioether (sulfide) groups is 1. The summed E-state index contributed by atoms with van der Waals surface area (Å²) in [6, 6.07) is 6.99. The van der Waals surface area contributed by atoms with Crippen LogP contribution in [0.5, 0.6) is 0 Å². The van der Waals surface area contributed by atoms with Gasteiger partial charge in [0.05, 0.1) is 11.7 Å². The molecule has 0 aliphatic carbocycles. The molecular weight excluding hydrogens is 449 g/mol. The summed E-state index contributed by atoms with van der Waals surface area (Å²) in [5.74, 6) is 0. The summed E-state index contributed by atoms with van der Waals surface area (Å²) < 4.78 is 9.57. The van der Waals surface area contributed by atoms with Crippen LogP contribution in [-0.2, 0) is 5.41 Å². The van der Waals surface area contributed by atoms with E-state index in [-0.39, 0.29) is 10.8 Å². The topological polar surface area (TPSA) is 25.8 Å². The molecule has 2 aromatic heterocycles. The number of allylic oxidation sites excluding steroid dienone is 2. The number of thiophene rings is 1. The first-order chi connectivity index (χ1) is 15.1. The van der Waals surface area contributed by atoms with E-state index in [9.17, 15) is 0 Å². The SMILES string of the molecule is CCCC(C)(C)C1=C(C)CC(c2ccc(-c3cc(C)c(C(C)(C)CC)s3)c3nsnc23)S1. The monoisotopic (exact) mass is 484 g/mol. The lowest BCUT2D eigenvalue weighted by Crippen LogP contribution is -2.14. The van der Waals surface area contributed by atoms with E-state index in [0.29, 0.717) is 5.25 Å². The molecule has 4 rings (SSSR count). The predicted molar refractivity (Wildman–Crippen MR) is 145 cm³/mol. The molecule has 5 heteroatoms. The molecule has 0 saturated heterocycles. The first kappa shape index (κ1) is 24.0. The van der Waals surface area contributed by atoms with Crippen molar-refractivity contribution < 1.29 is 0 Å². The molecule has 0 fully saturated rings. The van der Waals surface area contributed by atoms with E-state index in [0.717, 1.165) is 23.9 Å². The molecule has 32 heavy (non-hydrogen) atoms. The van der Waals surface area contributed by atoms with Gasteiger partial charge in [0.25, 0.3) is 0 Å². The van der Waals surface area contributed by atoms with E-state index in [4.69, 9.17) is 8.75 Å². The zero-order chi connectivity index (χ0) is 23.3. The largest absolute Gasteiger partial charge is 0.173 e. The highest BCUT2D eigenvalue weighted by Crippen LogP contribution is 2.56. The number of aromatic nitrogens is 2. The van der Waals surface area contributed by atoms with Gasteiger partial charge in [0.1, 0.15) is 11.0 Å². The van der Waals surface area contributed by atoms with Gasteiger partial charge in [-0.25, -0.2) is 0 Å². The number of hydrogen-bond donors (Lipinski definition) is 0. The molecule has 0 amide bonds. The maximum atomic E-state index is 4.80. The Morgan fingerprint density at radius 1 is 1.00 bits per heavy atom. The Hall–Kier alpha value is -1.17. The zero-order valence-electron chi connectivity index (χ0n) is 20.8. The van der Waals surface area contributed by atoms with Crippen molar-refractivity contribution in [3.8, 4) is 10.4 Å². The van der Waals surface area contributed by atoms with Gasteiger partial charge in [-0.3, -0.25) is 0 Å². The average molecular weight is 485 g/mol. The molecule has 3 aromatic rings. The van der Waals surface area contributed by atoms with Crippen molar-refractivity contribution in [1.82, 2.24) is 8.75 Å². The molecule has 2 nitrogen and oxygen atoms in total. The molecular formula is C27H36N2S3. The highest BCUT2D eigenvalue weighted by molar-refractivity contribution is 8.03. The summed E-state index contributed by atoms with van der Waals surface area (Å²) in [7, 11) is 0. The van der Waals surface area contributed by atoms with Gasteiger partial charge in [0.2, 0.25) is 0 Å². The minimum atomic E-state index is 0.206. The van der Waals surface area contributed by atoms with Crippen LogP contribution in [0.25, 0.3) is 21.5 Å². The Balaban J connectivity index is 1.70. The quantitative estimate of drug-likeness (QED) is 0.334. The third-order valence-electron chi connectivity index (χ3n) is 7.10. The second kappa shape index (κ2) is 8.88. The van der Waals surface area contributed by atoms with Crippen LogP contribution in [0, 0.1) is 12.3 Å². The minimum absolute atomic E-state index is 0.206. The van der Waals surface area contributed by atoms with E-state index >= 15 is 0 Å². The molecule has 1 unspecified atom stereocenters. The van der Waals surface area contributed by atoms with Crippen molar-refractivity contribution in [2.45, 2.75) is 91.7 Å². The lowest BCUT2D eigenvalue weighted by atomic mass is 9.85. The van der Waals surface area contributed by atoms with Crippen LogP contribution >= 0.6 is 34.8 Å². The predicted octanol–water partition coefficient (Wildman–Crippen LogP) is 9.69. The van der Waals surface area contributed by atoms with Crippen LogP contribution in [0.15, 0.2) is 28.7 Å². The number of hydrogen-bond acceptors (Lipinski definition) is 5. The summed E-state index contributed by atoms with van der Waals surface area (Å²) in [5, 5.41) is 0.446. The van der Waals surface area contributed by atoms with Crippen LogP contribution in [0.1, 0.15) is 95.4 Å². The number of rotatable bonds is 7. The first-order valence-electron chi connectivity index (χ1n) is 11.8. The van der Waals surface area contributed by atoms with Crippen molar-refractivity contribution in [3.63, 3.8) is 0 Å². The van der Waals surface area contributed by atoms with Crippen molar-refractivity contribution in [1.29, 1.82) is 0 Å². The number of benzene rings is 1. The second-order valence-electron chi connectivity index (χ2n) is 10.6. The normalized spacial score (nSPS) is 17.7. The first-order valence-corrected chi connectivity index (χ1v) is 14.2. The van der Waals surface area contributed by atoms with Crippen LogP contribution in [0.4, 0.5) is 0 Å². The molecule has 0 spiro atoms. The molecule has 172 valence electrons. The Morgan fingerprint density at radius 2 is 1.72 bits per heavy atom. The molecule has 1 aliphatic heterocycles. The molecule has 0 radical (unpaired) electrons. The minimum Gasteiger partial charge on any atom is -0.173 e. The van der Waals surface area contributed by atoms with Gasteiger partial charge in [-0.15, -0.1) is 23.1 Å². The molecule has 1 atom stereocenters. The van der Waals surface area contributed by atoms with E-state index in [1.807, 2.05) is 11.3 Å². The van der Waals surface area contributed by atoms with Crippen molar-refractivity contribution in [3.05, 3.63) is 44.7 Å². The molecule has 3 heterocycles. The van der Waals surface area contributed by atoms with Crippen molar-refractivity contribution >= 4 is 45.9 Å². The Morgan fingerprint density at radius 3 is 2.41 bits per heavy atom. The fourth-order valence-corrected chi connectivity index (χ4v) is 8.69. The average Bonchev–Trinajstić information content (AvgIpc) is 3.45. The summed E-state index contributed by atoms with van der Waals surface area (Å²) in [6.45, 7) is 18.7. The van der Waals surface area contributed by atoms with Crippen molar-refractivity contribution in [2.24, 2.45) is 5.41 Å². The lowest BCUT2D eigenvalue weighted by molar-refractivity contribution is 0.421. The van der Waals surface area contributed by atoms with Crippen LogP contribution in [0.2, 0.25) is 0 Å². The molecule has 1 aromatic carbocycles. The summed E-state index contributed by atoms with van der Waals surface area (Å²) in [6.07, 6.45) is 4.72. The van der Waals surface area contributed by atoms with Crippen LogP contribution in [-0.4, -0.2) is 8.75 Å². The standard InChI is InChI=1S/C27H36N2S3/c1-9-13-27(7,8)25-17(4)15-21(31-25)19-12-11-18(22-23(19)29-32-28-22)20-14-16(3)24(30-20)26(5,6)10-2/h11-12,14,21H,9-10,13,15H2,1-8H3. The van der Waals surface area contributed by atoms with Gasteiger partial charge in [0, 0.05) is 20.6 Å². The smallest absolute Gasteiger partial charge is 0.113 e. The van der Waals surface area contributed by atoms with Gasteiger partial charge in [-0.1, -0.05) is 65.7 Å². The maximum absolute atomic E-state index is 4.80. The molecule has 0 saturated carbocycles. The van der Waals surface area contributed by atoms with E-state index in [1.165, 1.54) is 51.0 Å². The van der Waals surface area contributed by atoms with E-state index in [2.05, 4.69) is 85.4 Å². The number of aryl methyl sites for hydroxylation is 1. The maximum Gasteiger partial charge on any atom is 0.113 e. The van der Waals surface area contributed by atoms with Gasteiger partial charge in [-0.2, -0.15) is 8.75 Å². The fourth-order valence-electron chi connectivity index (χ4n) is 5.10. The Labute approximate surface area is 206 Å². The zero-order valence-corrected chi connectivity index (χ0v) is 23.2. The highest BCUT2D eigenvalue weighted by atomic mass is 32.2. The van der Waals surface area contributed by atoms with E-state index < -0.39 is 0 Å². The Kier molecular flexibility index (Phi) is 6.65. The second-order valence-corrected chi connectivity index (χ2v) is 13.4. The summed E-state index contributed by atoms with van der Waals surface area (Å²) in [5.41, 5.74) is 8.19. The molecule has 0 N–H and O–H groups in total. The van der Waals surface area contributed by atoms with Crippen molar-refractivity contribution in [2.75, 3.05) is 0 Å². The number of nitrogens with zero attached hydrogens (tertiary/aromatic N) is 2. The van der Waals surface area contributed by atoms with Gasteiger partial charge in [0.15, 0.2) is 0 Å². The third kappa shape index (κ3) is 4.21. The van der Waals surface area contributed by atoms with Gasteiger partial charge in [-0.05, 0) is 66.0 Å². The lowest BCUT2D eigenvalue weighted by Gasteiger charge is -2.27. The summed E-state index contributed by atoms with van der Waals surface area (Å²) in [4.78, 5) is 4.40. The highest BCUT2D eigenvalue weighted by Gasteiger charge is 2.34. The Bertz CT molecular complexity index is 1160. The van der Waals surface area contributed by atoms with Gasteiger partial charge >= 0.3 is 0 Å². The molecule has 1 aliphatic rings. The van der Waals surface area contributed by atoms with Crippen LogP contribution < -0.4 is 0 Å². The van der Waals surface area contributed by atoms with Gasteiger partial charge < -0.3 is 0 Å². The number of fused-ring (bicyclic) bond motifs is 1. The van der Waals surface area contributed by atoms with E-state index in [1.54, 1.807) is 10.5 Å². The summed E-state index contributed by atoms with van der Waals surface area (Å²) >= 11 is 5.36. The fraction of sp³-hybridized carbons (Fsp3) is 0.556.